The van der Waals surface area contributed by atoms with Gasteiger partial charge in [0.05, 0.1) is 16.9 Å². The molecule has 0 spiro atoms. The Morgan fingerprint density at radius 1 is 1.19 bits per heavy atom. The van der Waals surface area contributed by atoms with Gasteiger partial charge in [-0.15, -0.1) is 12.4 Å². The van der Waals surface area contributed by atoms with Crippen molar-refractivity contribution in [3.05, 3.63) is 48.4 Å². The zero-order chi connectivity index (χ0) is 20.1. The highest BCUT2D eigenvalue weighted by atomic mass is 35.5. The molecule has 1 atom stereocenters. The van der Waals surface area contributed by atoms with Crippen LogP contribution in [-0.2, 0) is 0 Å². The Hall–Kier alpha value is -1.16. The van der Waals surface area contributed by atoms with Gasteiger partial charge >= 0.3 is 0 Å². The van der Waals surface area contributed by atoms with Crippen molar-refractivity contribution >= 4 is 35.5 Å². The van der Waals surface area contributed by atoms with E-state index in [1.807, 2.05) is 0 Å². The smallest absolute Gasteiger partial charge is 0.0645 e. The summed E-state index contributed by atoms with van der Waals surface area (Å²) < 4.78 is 56.2. The Kier molecular flexibility index (Phi) is 2.91. The maximum Gasteiger partial charge on any atom is 0.0645 e. The number of nitrogens with zero attached hydrogens (tertiary/aromatic N) is 2. The van der Waals surface area contributed by atoms with Gasteiger partial charge in [0.2, 0.25) is 0 Å². The van der Waals surface area contributed by atoms with Crippen LogP contribution >= 0.6 is 24.2 Å². The van der Waals surface area contributed by atoms with E-state index in [0.717, 1.165) is 0 Å². The molecule has 1 heterocycles. The molecule has 2 aromatic carbocycles. The van der Waals surface area contributed by atoms with E-state index in [9.17, 15) is 0 Å². The maximum absolute atomic E-state index is 8.35. The van der Waals surface area contributed by atoms with Crippen LogP contribution < -0.4 is 4.90 Å². The average Bonchev–Trinajstić information content (AvgIpc) is 2.48. The number of fused-ring (bicyclic) bond motifs is 2. The fourth-order valence-electron chi connectivity index (χ4n) is 2.06. The predicted octanol–water partition coefficient (Wildman–Crippen LogP) is 4.66. The molecule has 3 rings (SSSR count). The van der Waals surface area contributed by atoms with Crippen LogP contribution in [0, 0.1) is 0 Å². The van der Waals surface area contributed by atoms with E-state index in [-0.39, 0.29) is 43.1 Å². The highest BCUT2D eigenvalue weighted by Gasteiger charge is 2.24. The van der Waals surface area contributed by atoms with Gasteiger partial charge in [-0.2, -0.15) is 0 Å². The fourth-order valence-corrected chi connectivity index (χ4v) is 3.08. The van der Waals surface area contributed by atoms with Crippen molar-refractivity contribution in [2.45, 2.75) is 22.7 Å². The van der Waals surface area contributed by atoms with Crippen LogP contribution in [0.2, 0.25) is 0 Å². The summed E-state index contributed by atoms with van der Waals surface area (Å²) in [4.78, 5) is 4.64. The second kappa shape index (κ2) is 6.73. The van der Waals surface area contributed by atoms with E-state index in [4.69, 9.17) is 9.60 Å². The number of para-hydroxylation sites is 2. The van der Waals surface area contributed by atoms with Crippen LogP contribution in [-0.4, -0.2) is 31.6 Å². The van der Waals surface area contributed by atoms with Gasteiger partial charge in [0.1, 0.15) is 0 Å². The van der Waals surface area contributed by atoms with Crippen LogP contribution in [0.5, 0.6) is 0 Å². The molecule has 4 heteroatoms. The first-order valence-electron chi connectivity index (χ1n) is 9.83. The predicted molar refractivity (Wildman–Crippen MR) is 94.4 cm³/mol. The summed E-state index contributed by atoms with van der Waals surface area (Å²) >= 11 is 1.31. The molecule has 0 aliphatic carbocycles. The number of benzene rings is 2. The van der Waals surface area contributed by atoms with Gasteiger partial charge in [-0.1, -0.05) is 36.0 Å². The Bertz CT molecular complexity index is 831. The molecule has 2 nitrogen and oxygen atoms in total. The number of likely N-dealkylation sites (N-methyl/N-ethyl adjacent to an activating group) is 1. The summed E-state index contributed by atoms with van der Waals surface area (Å²) in [6, 6.07) is 5.92. The number of halogens is 1. The normalized spacial score (nSPS) is 19.6. The molecule has 1 aliphatic heterocycles. The molecule has 21 heavy (non-hydrogen) atoms. The molecule has 0 N–H and O–H groups in total. The molecule has 0 amide bonds. The summed E-state index contributed by atoms with van der Waals surface area (Å²) in [7, 11) is 3.39. The quantitative estimate of drug-likeness (QED) is 0.809. The summed E-state index contributed by atoms with van der Waals surface area (Å²) in [6.07, 6.45) is 0. The minimum absolute atomic E-state index is 0. The number of hydrogen-bond donors (Lipinski definition) is 0. The van der Waals surface area contributed by atoms with E-state index in [1.165, 1.54) is 23.9 Å². The first-order valence-corrected chi connectivity index (χ1v) is 7.15. The lowest BCUT2D eigenvalue weighted by atomic mass is 10.2. The Balaban J connectivity index is 0.00000280. The maximum atomic E-state index is 8.35. The lowest BCUT2D eigenvalue weighted by Gasteiger charge is -2.36. The zero-order valence-corrected chi connectivity index (χ0v) is 13.4. The Labute approximate surface area is 147 Å². The van der Waals surface area contributed by atoms with Crippen molar-refractivity contribution < 1.29 is 9.60 Å². The van der Waals surface area contributed by atoms with Crippen molar-refractivity contribution in [3.8, 4) is 0 Å². The highest BCUT2D eigenvalue weighted by molar-refractivity contribution is 7.99. The molecule has 2 aromatic rings. The molecule has 1 unspecified atom stereocenters. The minimum Gasteiger partial charge on any atom is -0.338 e. The number of anilines is 2. The van der Waals surface area contributed by atoms with Crippen molar-refractivity contribution in [2.75, 3.05) is 25.5 Å². The Morgan fingerprint density at radius 3 is 2.24 bits per heavy atom. The topological polar surface area (TPSA) is 6.48 Å². The SMILES string of the molecule is Cl.[2H]c1cc([2H])c2c(c1)Sc1cc([2H])cc([2H])c1N2CC(N(C)C)C([2H])([2H])[2H]. The van der Waals surface area contributed by atoms with Gasteiger partial charge in [0.15, 0.2) is 0 Å². The standard InChI is InChI=1S/C17H20N2S.ClH/c1-13(18(2)3)12-19-14-8-4-6-10-16(14)20-17-11-7-5-9-15(17)19;/h4-11,13H,12H2,1-3H3;1H/i1D3,6D,7D,8D,9D;. The van der Waals surface area contributed by atoms with Crippen molar-refractivity contribution in [2.24, 2.45) is 0 Å². The molecule has 1 aliphatic rings. The summed E-state index contributed by atoms with van der Waals surface area (Å²) in [5, 5.41) is 0. The highest BCUT2D eigenvalue weighted by Crippen LogP contribution is 2.47. The molecular weight excluding hydrogens is 300 g/mol. The Morgan fingerprint density at radius 2 is 1.76 bits per heavy atom. The summed E-state index contributed by atoms with van der Waals surface area (Å²) in [6.45, 7) is -2.18. The number of rotatable bonds is 3. The van der Waals surface area contributed by atoms with E-state index < -0.39 is 12.9 Å². The second-order valence-corrected chi connectivity index (χ2v) is 5.90. The molecule has 0 aromatic heterocycles. The molecule has 0 saturated heterocycles. The van der Waals surface area contributed by atoms with Gasteiger partial charge in [-0.05, 0) is 45.2 Å². The summed E-state index contributed by atoms with van der Waals surface area (Å²) in [5.74, 6) is 0. The third kappa shape index (κ3) is 3.20. The third-order valence-electron chi connectivity index (χ3n) is 3.22. The molecular formula is C17H21ClN2S. The van der Waals surface area contributed by atoms with Gasteiger partial charge in [0, 0.05) is 26.5 Å². The van der Waals surface area contributed by atoms with Crippen molar-refractivity contribution in [1.82, 2.24) is 4.90 Å². The molecule has 112 valence electrons. The van der Waals surface area contributed by atoms with Gasteiger partial charge in [-0.3, -0.25) is 0 Å². The fraction of sp³-hybridized carbons (Fsp3) is 0.294. The van der Waals surface area contributed by atoms with Crippen LogP contribution in [0.25, 0.3) is 0 Å². The van der Waals surface area contributed by atoms with E-state index in [2.05, 4.69) is 0 Å². The largest absolute Gasteiger partial charge is 0.338 e. The van der Waals surface area contributed by atoms with E-state index in [0.29, 0.717) is 21.2 Å². The van der Waals surface area contributed by atoms with Gasteiger partial charge < -0.3 is 9.80 Å². The second-order valence-electron chi connectivity index (χ2n) is 4.82. The summed E-state index contributed by atoms with van der Waals surface area (Å²) in [5.41, 5.74) is 1.01. The monoisotopic (exact) mass is 327 g/mol. The van der Waals surface area contributed by atoms with E-state index in [1.54, 1.807) is 36.0 Å². The molecule has 0 radical (unpaired) electrons. The van der Waals surface area contributed by atoms with E-state index >= 15 is 0 Å². The van der Waals surface area contributed by atoms with Crippen molar-refractivity contribution in [1.29, 1.82) is 0 Å². The lowest BCUT2D eigenvalue weighted by molar-refractivity contribution is 0.319. The number of hydrogen-bond acceptors (Lipinski definition) is 3. The third-order valence-corrected chi connectivity index (χ3v) is 4.28. The minimum atomic E-state index is -2.25. The first-order chi connectivity index (χ1) is 12.5. The van der Waals surface area contributed by atoms with Crippen LogP contribution in [0.4, 0.5) is 11.4 Å². The van der Waals surface area contributed by atoms with Crippen LogP contribution in [0.15, 0.2) is 58.2 Å². The van der Waals surface area contributed by atoms with Gasteiger partial charge in [0.25, 0.3) is 0 Å². The lowest BCUT2D eigenvalue weighted by Crippen LogP contribution is -2.37. The molecule has 0 fully saturated rings. The zero-order valence-electron chi connectivity index (χ0n) is 18.8. The first kappa shape index (κ1) is 9.09. The van der Waals surface area contributed by atoms with Crippen LogP contribution in [0.3, 0.4) is 0 Å². The van der Waals surface area contributed by atoms with Crippen molar-refractivity contribution in [3.63, 3.8) is 0 Å². The molecule has 0 bridgehead atoms. The van der Waals surface area contributed by atoms with Gasteiger partial charge in [-0.25, -0.2) is 0 Å². The average molecular weight is 328 g/mol. The van der Waals surface area contributed by atoms with Crippen LogP contribution in [0.1, 0.15) is 16.4 Å². The molecule has 0 saturated carbocycles.